The van der Waals surface area contributed by atoms with E-state index in [9.17, 15) is 4.79 Å². The lowest BCUT2D eigenvalue weighted by Crippen LogP contribution is -2.12. The summed E-state index contributed by atoms with van der Waals surface area (Å²) in [7, 11) is 0. The topological polar surface area (TPSA) is 61.7 Å². The molecule has 0 radical (unpaired) electrons. The van der Waals surface area contributed by atoms with Crippen molar-refractivity contribution >= 4 is 33.7 Å². The third-order valence-electron chi connectivity index (χ3n) is 1.27. The van der Waals surface area contributed by atoms with Gasteiger partial charge in [-0.1, -0.05) is 27.2 Å². The van der Waals surface area contributed by atoms with Crippen molar-refractivity contribution in [2.45, 2.75) is 0 Å². The van der Waals surface area contributed by atoms with Crippen molar-refractivity contribution in [2.24, 2.45) is 5.16 Å². The standard InChI is InChI=1S/C8H7BrN2O2/c9-6-2-1-3-7(4-6)11-8(12)5-10-13/h1-5,13H,(H,11,12)/b10-5-. The number of benzene rings is 1. The second kappa shape index (κ2) is 4.61. The van der Waals surface area contributed by atoms with E-state index in [0.29, 0.717) is 5.69 Å². The number of hydrogen-bond acceptors (Lipinski definition) is 3. The van der Waals surface area contributed by atoms with Crippen molar-refractivity contribution in [1.82, 2.24) is 0 Å². The second-order valence-corrected chi connectivity index (χ2v) is 3.16. The average molecular weight is 243 g/mol. The predicted octanol–water partition coefficient (Wildman–Crippen LogP) is 1.85. The van der Waals surface area contributed by atoms with E-state index in [1.807, 2.05) is 6.07 Å². The smallest absolute Gasteiger partial charge is 0.270 e. The zero-order valence-corrected chi connectivity index (χ0v) is 8.15. The first-order valence-corrected chi connectivity index (χ1v) is 4.25. The second-order valence-electron chi connectivity index (χ2n) is 2.24. The van der Waals surface area contributed by atoms with Crippen molar-refractivity contribution in [1.29, 1.82) is 0 Å². The molecule has 0 unspecified atom stereocenters. The van der Waals surface area contributed by atoms with Crippen LogP contribution in [0, 0.1) is 0 Å². The molecule has 0 aliphatic rings. The monoisotopic (exact) mass is 242 g/mol. The number of halogens is 1. The molecule has 0 aromatic heterocycles. The molecule has 0 atom stereocenters. The van der Waals surface area contributed by atoms with Gasteiger partial charge in [0.25, 0.3) is 5.91 Å². The quantitative estimate of drug-likeness (QED) is 0.473. The number of hydrogen-bond donors (Lipinski definition) is 2. The summed E-state index contributed by atoms with van der Waals surface area (Å²) in [5.74, 6) is -0.472. The molecule has 0 spiro atoms. The van der Waals surface area contributed by atoms with E-state index in [4.69, 9.17) is 5.21 Å². The van der Waals surface area contributed by atoms with E-state index in [-0.39, 0.29) is 0 Å². The van der Waals surface area contributed by atoms with Crippen LogP contribution >= 0.6 is 15.9 Å². The Bertz CT molecular complexity index is 339. The van der Waals surface area contributed by atoms with Gasteiger partial charge in [0.1, 0.15) is 6.21 Å². The van der Waals surface area contributed by atoms with Gasteiger partial charge in [-0.2, -0.15) is 0 Å². The molecule has 5 heteroatoms. The average Bonchev–Trinajstić information content (AvgIpc) is 2.04. The van der Waals surface area contributed by atoms with Gasteiger partial charge in [0.15, 0.2) is 0 Å². The van der Waals surface area contributed by atoms with Gasteiger partial charge in [0.05, 0.1) is 0 Å². The molecule has 1 aromatic carbocycles. The van der Waals surface area contributed by atoms with Crippen LogP contribution in [-0.2, 0) is 4.79 Å². The van der Waals surface area contributed by atoms with Crippen LogP contribution in [0.4, 0.5) is 5.69 Å². The van der Waals surface area contributed by atoms with Crippen LogP contribution in [0.3, 0.4) is 0 Å². The van der Waals surface area contributed by atoms with E-state index in [1.165, 1.54) is 0 Å². The van der Waals surface area contributed by atoms with E-state index in [0.717, 1.165) is 10.7 Å². The Morgan fingerprint density at radius 2 is 2.38 bits per heavy atom. The first-order valence-electron chi connectivity index (χ1n) is 3.46. The van der Waals surface area contributed by atoms with Crippen molar-refractivity contribution in [3.63, 3.8) is 0 Å². The molecule has 0 saturated carbocycles. The first-order chi connectivity index (χ1) is 6.22. The zero-order chi connectivity index (χ0) is 9.68. The van der Waals surface area contributed by atoms with Gasteiger partial charge in [0.2, 0.25) is 0 Å². The highest BCUT2D eigenvalue weighted by molar-refractivity contribution is 9.10. The molecular formula is C8H7BrN2O2. The number of anilines is 1. The Labute approximate surface area is 83.4 Å². The van der Waals surface area contributed by atoms with Crippen molar-refractivity contribution in [3.05, 3.63) is 28.7 Å². The molecule has 0 aliphatic carbocycles. The van der Waals surface area contributed by atoms with Gasteiger partial charge in [-0.05, 0) is 18.2 Å². The Balaban J connectivity index is 2.69. The summed E-state index contributed by atoms with van der Waals surface area (Å²) in [6.45, 7) is 0. The Morgan fingerprint density at radius 1 is 1.62 bits per heavy atom. The summed E-state index contributed by atoms with van der Waals surface area (Å²) in [5.41, 5.74) is 0.638. The highest BCUT2D eigenvalue weighted by atomic mass is 79.9. The third-order valence-corrected chi connectivity index (χ3v) is 1.76. The van der Waals surface area contributed by atoms with E-state index < -0.39 is 5.91 Å². The number of amides is 1. The van der Waals surface area contributed by atoms with Gasteiger partial charge < -0.3 is 10.5 Å². The van der Waals surface area contributed by atoms with Crippen LogP contribution in [0.25, 0.3) is 0 Å². The van der Waals surface area contributed by atoms with Gasteiger partial charge in [-0.3, -0.25) is 4.79 Å². The Kier molecular flexibility index (Phi) is 3.45. The molecule has 1 aromatic rings. The molecule has 0 heterocycles. The molecule has 0 saturated heterocycles. The lowest BCUT2D eigenvalue weighted by atomic mass is 10.3. The van der Waals surface area contributed by atoms with Gasteiger partial charge in [-0.15, -0.1) is 0 Å². The number of nitrogens with zero attached hydrogens (tertiary/aromatic N) is 1. The molecule has 0 fully saturated rings. The van der Waals surface area contributed by atoms with Crippen LogP contribution in [-0.4, -0.2) is 17.3 Å². The van der Waals surface area contributed by atoms with Crippen LogP contribution in [0.2, 0.25) is 0 Å². The van der Waals surface area contributed by atoms with Crippen molar-refractivity contribution < 1.29 is 10.0 Å². The molecule has 2 N–H and O–H groups in total. The summed E-state index contributed by atoms with van der Waals surface area (Å²) in [6.07, 6.45) is 0.793. The molecular weight excluding hydrogens is 236 g/mol. The fourth-order valence-corrected chi connectivity index (χ4v) is 1.19. The minimum atomic E-state index is -0.472. The lowest BCUT2D eigenvalue weighted by Gasteiger charge is -2.00. The normalized spacial score (nSPS) is 10.2. The summed E-state index contributed by atoms with van der Waals surface area (Å²) in [6, 6.07) is 7.10. The van der Waals surface area contributed by atoms with Gasteiger partial charge in [-0.25, -0.2) is 0 Å². The SMILES string of the molecule is O=C(/C=N\O)Nc1cccc(Br)c1. The van der Waals surface area contributed by atoms with Crippen LogP contribution in [0.5, 0.6) is 0 Å². The molecule has 0 bridgehead atoms. The fourth-order valence-electron chi connectivity index (χ4n) is 0.793. The number of oxime groups is 1. The highest BCUT2D eigenvalue weighted by Crippen LogP contribution is 2.15. The maximum Gasteiger partial charge on any atom is 0.270 e. The molecule has 0 aliphatic heterocycles. The summed E-state index contributed by atoms with van der Waals surface area (Å²) in [4.78, 5) is 10.9. The highest BCUT2D eigenvalue weighted by Gasteiger charge is 1.97. The molecule has 1 rings (SSSR count). The summed E-state index contributed by atoms with van der Waals surface area (Å²) >= 11 is 3.26. The Morgan fingerprint density at radius 3 is 3.00 bits per heavy atom. The number of carbonyl (C=O) groups is 1. The van der Waals surface area contributed by atoms with Crippen LogP contribution < -0.4 is 5.32 Å². The van der Waals surface area contributed by atoms with Gasteiger partial charge >= 0.3 is 0 Å². The molecule has 68 valence electrons. The third kappa shape index (κ3) is 3.25. The van der Waals surface area contributed by atoms with Crippen molar-refractivity contribution in [2.75, 3.05) is 5.32 Å². The maximum absolute atomic E-state index is 10.9. The maximum atomic E-state index is 10.9. The Hall–Kier alpha value is -1.36. The number of rotatable bonds is 2. The molecule has 13 heavy (non-hydrogen) atoms. The number of carbonyl (C=O) groups excluding carboxylic acids is 1. The first kappa shape index (κ1) is 9.73. The van der Waals surface area contributed by atoms with Crippen LogP contribution in [0.15, 0.2) is 33.9 Å². The largest absolute Gasteiger partial charge is 0.411 e. The number of nitrogens with one attached hydrogen (secondary N) is 1. The van der Waals surface area contributed by atoms with E-state index in [1.54, 1.807) is 18.2 Å². The van der Waals surface area contributed by atoms with E-state index in [2.05, 4.69) is 26.4 Å². The van der Waals surface area contributed by atoms with Crippen molar-refractivity contribution in [3.8, 4) is 0 Å². The zero-order valence-electron chi connectivity index (χ0n) is 6.57. The molecule has 1 amide bonds. The fraction of sp³-hybridized carbons (Fsp3) is 0. The minimum absolute atomic E-state index is 0.472. The van der Waals surface area contributed by atoms with Crippen LogP contribution in [0.1, 0.15) is 0 Å². The summed E-state index contributed by atoms with van der Waals surface area (Å²) in [5, 5.41) is 13.2. The van der Waals surface area contributed by atoms with Gasteiger partial charge in [0, 0.05) is 10.2 Å². The van der Waals surface area contributed by atoms with E-state index >= 15 is 0 Å². The minimum Gasteiger partial charge on any atom is -0.411 e. The summed E-state index contributed by atoms with van der Waals surface area (Å²) < 4.78 is 0.867. The predicted molar refractivity (Wildman–Crippen MR) is 53.1 cm³/mol. The molecule has 4 nitrogen and oxygen atoms in total. The lowest BCUT2D eigenvalue weighted by molar-refractivity contribution is -0.110.